The second-order valence-electron chi connectivity index (χ2n) is 16.9. The summed E-state index contributed by atoms with van der Waals surface area (Å²) in [5.41, 5.74) is 12.3. The van der Waals surface area contributed by atoms with E-state index in [1.54, 1.807) is 44.7 Å². The molecule has 0 unspecified atom stereocenters. The number of thiazole rings is 1. The summed E-state index contributed by atoms with van der Waals surface area (Å²) in [5, 5.41) is 30.0. The van der Waals surface area contributed by atoms with Crippen molar-refractivity contribution in [2.45, 2.75) is 93.8 Å². The quantitative estimate of drug-likeness (QED) is 0.0161. The highest BCUT2D eigenvalue weighted by atomic mass is 32.2. The highest BCUT2D eigenvalue weighted by molar-refractivity contribution is 7.99. The summed E-state index contributed by atoms with van der Waals surface area (Å²) in [6.45, 7) is 15.7. The van der Waals surface area contributed by atoms with Gasteiger partial charge in [-0.15, -0.1) is 0 Å². The van der Waals surface area contributed by atoms with Crippen molar-refractivity contribution in [3.63, 3.8) is 0 Å². The first kappa shape index (κ1) is 59.2. The lowest BCUT2D eigenvalue weighted by atomic mass is 10.1. The zero-order valence-electron chi connectivity index (χ0n) is 44.9. The van der Waals surface area contributed by atoms with Crippen molar-refractivity contribution < 1.29 is 89.5 Å². The molecule has 20 nitrogen and oxygen atoms in total. The van der Waals surface area contributed by atoms with Crippen LogP contribution < -0.4 is 24.4 Å². The molecule has 0 aliphatic rings. The molecule has 0 spiro atoms. The van der Waals surface area contributed by atoms with E-state index in [2.05, 4.69) is 87.8 Å². The van der Waals surface area contributed by atoms with Crippen molar-refractivity contribution in [2.75, 3.05) is 34.0 Å². The molecule has 10 aromatic rings. The molecule has 0 bridgehead atoms. The number of aromatic nitrogens is 3. The van der Waals surface area contributed by atoms with Crippen molar-refractivity contribution >= 4 is 106 Å². The molecule has 22 heteroatoms. The number of carboxylic acids is 1. The van der Waals surface area contributed by atoms with Crippen LogP contribution in [0, 0.1) is 55.8 Å². The summed E-state index contributed by atoms with van der Waals surface area (Å²) < 4.78 is 46.7. The van der Waals surface area contributed by atoms with Gasteiger partial charge in [0.1, 0.15) is 58.5 Å². The average molecular weight is 1120 g/mol. The van der Waals surface area contributed by atoms with Gasteiger partial charge in [-0.2, -0.15) is 13.7 Å². The zero-order chi connectivity index (χ0) is 56.3. The number of aliphatic carboxylic acids is 1. The molecule has 0 saturated heterocycles. The Labute approximate surface area is 462 Å². The monoisotopic (exact) mass is 1120 g/mol. The maximum atomic E-state index is 11.0. The van der Waals surface area contributed by atoms with Crippen molar-refractivity contribution in [1.29, 1.82) is 0 Å². The number of rotatable bonds is 20. The number of hydrogen-bond acceptors (Lipinski definition) is 18. The van der Waals surface area contributed by atoms with Crippen molar-refractivity contribution in [1.82, 2.24) is 5.48 Å². The molecule has 6 aromatic heterocycles. The first-order chi connectivity index (χ1) is 38.6. The highest BCUT2D eigenvalue weighted by Gasteiger charge is 2.26. The van der Waals surface area contributed by atoms with E-state index in [-0.39, 0.29) is 19.6 Å². The van der Waals surface area contributed by atoms with Gasteiger partial charge in [-0.25, -0.2) is 25.0 Å². The normalized spacial score (nSPS) is 10.9. The SMILES string of the molecule is CCC[n+]1c(C)oc2cc3occ(CONC)c3cc21.CCOOCc1oc2cc3oc(C)[n+](CCC(=O)O)c3cc2c1COOCC.COSC#CC#CC#COCC[n+]1c(C)sc2cc3oc4ccccc4c3cc21.[O-]O. The van der Waals surface area contributed by atoms with Crippen molar-refractivity contribution in [3.8, 4) is 35.0 Å². The van der Waals surface area contributed by atoms with Gasteiger partial charge in [-0.1, -0.05) is 36.5 Å². The fourth-order valence-corrected chi connectivity index (χ4v) is 9.88. The van der Waals surface area contributed by atoms with Crippen LogP contribution in [0.5, 0.6) is 0 Å². The molecular formula is C57H60N4O16S2+2. The predicted octanol–water partition coefficient (Wildman–Crippen LogP) is 9.47. The van der Waals surface area contributed by atoms with Crippen LogP contribution in [-0.4, -0.2) is 50.3 Å². The van der Waals surface area contributed by atoms with Gasteiger partial charge in [-0.05, 0) is 19.9 Å². The first-order valence-corrected chi connectivity index (χ1v) is 26.6. The Morgan fingerprint density at radius 3 is 2.08 bits per heavy atom. The number of benzene rings is 4. The van der Waals surface area contributed by atoms with Crippen molar-refractivity contribution in [2.24, 2.45) is 0 Å². The summed E-state index contributed by atoms with van der Waals surface area (Å²) in [4.78, 5) is 36.6. The summed E-state index contributed by atoms with van der Waals surface area (Å²) in [6, 6.07) is 20.2. The number of ether oxygens (including phenoxy) is 1. The van der Waals surface area contributed by atoms with Crippen LogP contribution in [0.15, 0.2) is 89.0 Å². The van der Waals surface area contributed by atoms with Crippen LogP contribution in [0.25, 0.3) is 76.3 Å². The number of hydroxylamine groups is 1. The topological polar surface area (TPSA) is 235 Å². The summed E-state index contributed by atoms with van der Waals surface area (Å²) in [7, 11) is 3.30. The molecule has 10 rings (SSSR count). The minimum atomic E-state index is -0.869. The third-order valence-electron chi connectivity index (χ3n) is 12.0. The number of hydrogen-bond donors (Lipinski definition) is 3. The number of nitrogens with one attached hydrogen (secondary N) is 1. The van der Waals surface area contributed by atoms with Gasteiger partial charge in [0.25, 0.3) is 11.0 Å². The van der Waals surface area contributed by atoms with E-state index in [0.29, 0.717) is 62.3 Å². The molecule has 0 atom stereocenters. The van der Waals surface area contributed by atoms with E-state index in [4.69, 9.17) is 71.0 Å². The summed E-state index contributed by atoms with van der Waals surface area (Å²) >= 11 is 2.78. The van der Waals surface area contributed by atoms with Gasteiger partial charge in [0.05, 0.1) is 59.1 Å². The van der Waals surface area contributed by atoms with E-state index in [0.717, 1.165) is 96.9 Å². The number of nitrogens with zero attached hydrogens (tertiary/aromatic N) is 3. The minimum absolute atomic E-state index is 0.00266. The third-order valence-corrected chi connectivity index (χ3v) is 13.4. The number of oxazole rings is 2. The molecule has 4 aromatic carbocycles. The van der Waals surface area contributed by atoms with E-state index in [1.807, 2.05) is 55.7 Å². The highest BCUT2D eigenvalue weighted by Crippen LogP contribution is 2.34. The molecular weight excluding hydrogens is 1060 g/mol. The second kappa shape index (κ2) is 29.5. The Morgan fingerprint density at radius 2 is 1.37 bits per heavy atom. The lowest BCUT2D eigenvalue weighted by Gasteiger charge is -2.04. The van der Waals surface area contributed by atoms with E-state index < -0.39 is 5.97 Å². The second-order valence-corrected chi connectivity index (χ2v) is 18.8. The predicted molar refractivity (Wildman–Crippen MR) is 292 cm³/mol. The average Bonchev–Trinajstić information content (AvgIpc) is 4.45. The number of para-hydroxylation sites is 1. The van der Waals surface area contributed by atoms with Crippen LogP contribution in [0.1, 0.15) is 67.3 Å². The molecule has 414 valence electrons. The molecule has 3 N–H and O–H groups in total. The number of furan rings is 3. The van der Waals surface area contributed by atoms with Gasteiger partial charge in [0.15, 0.2) is 26.2 Å². The lowest BCUT2D eigenvalue weighted by molar-refractivity contribution is -0.682. The molecule has 6 heterocycles. The van der Waals surface area contributed by atoms with Gasteiger partial charge in [-0.3, -0.25) is 9.63 Å². The third kappa shape index (κ3) is 14.6. The maximum absolute atomic E-state index is 11.0. The van der Waals surface area contributed by atoms with Gasteiger partial charge >= 0.3 is 17.8 Å². The Bertz CT molecular complexity index is 3870. The van der Waals surface area contributed by atoms with E-state index in [1.165, 1.54) is 15.2 Å². The van der Waals surface area contributed by atoms with Crippen LogP contribution in [0.4, 0.5) is 0 Å². The standard InChI is InChI=1S/C23H16NO3S2.C19H23NO8.C15H19N2O3.H2O2/c1-17-24(11-13-26-12-7-3-4-8-14-28-25-2)20-15-19-18-9-5-6-10-21(18)27-22(19)16-23(20)29-17;1-4-23-25-10-14-13-8-15-17(27-12(3)20(15)7-6-19(21)22)9-16(13)28-18(14)11-26-24-5-2;1-4-5-17-10(2)20-15-7-14-12(6-13(15)17)11(8-18-14)9-19-16-3;1-2/h5-6,9-10,15-16H,11,13H2,1-2H3;8-9H,4-7,10-11H2,1-3H3;6-8,16H,4-5,9H2,1-3H3;1-2H/q+1;;+1;. The Balaban J connectivity index is 0.000000171. The Hall–Kier alpha value is -7.47. The molecule has 0 aliphatic heterocycles. The van der Waals surface area contributed by atoms with Crippen LogP contribution in [0.3, 0.4) is 0 Å². The van der Waals surface area contributed by atoms with Gasteiger partial charge < -0.3 is 46.6 Å². The summed E-state index contributed by atoms with van der Waals surface area (Å²) in [5.74, 6) is 11.7. The van der Waals surface area contributed by atoms with Crippen LogP contribution in [-0.2, 0) is 77.6 Å². The minimum Gasteiger partial charge on any atom is -0.727 e. The molecule has 79 heavy (non-hydrogen) atoms. The smallest absolute Gasteiger partial charge is 0.344 e. The molecule has 0 fully saturated rings. The van der Waals surface area contributed by atoms with E-state index in [9.17, 15) is 4.79 Å². The fourth-order valence-electron chi connectivity index (χ4n) is 8.65. The molecule has 0 radical (unpaired) electrons. The summed E-state index contributed by atoms with van der Waals surface area (Å²) in [6.07, 6.45) is 5.40. The largest absolute Gasteiger partial charge is 0.727 e. The van der Waals surface area contributed by atoms with Gasteiger partial charge in [0, 0.05) is 118 Å². The molecule has 0 saturated carbocycles. The number of aryl methyl sites for hydroxylation is 5. The lowest BCUT2D eigenvalue weighted by Crippen LogP contribution is -2.37. The van der Waals surface area contributed by atoms with Gasteiger partial charge in [0.2, 0.25) is 21.7 Å². The Morgan fingerprint density at radius 1 is 0.696 bits per heavy atom. The first-order valence-electron chi connectivity index (χ1n) is 25.0. The maximum Gasteiger partial charge on any atom is 0.344 e. The van der Waals surface area contributed by atoms with E-state index >= 15 is 0 Å². The number of carboxylic acid groups (broad SMARTS) is 1. The number of fused-ring (bicyclic) bond motifs is 8. The molecule has 0 aliphatic carbocycles. The molecule has 0 amide bonds. The Kier molecular flexibility index (Phi) is 22.1. The zero-order valence-corrected chi connectivity index (χ0v) is 46.5. The van der Waals surface area contributed by atoms with Crippen molar-refractivity contribution in [3.05, 3.63) is 101 Å². The van der Waals surface area contributed by atoms with Crippen LogP contribution in [0.2, 0.25) is 0 Å². The fraction of sp³-hybridized carbons (Fsp3) is 0.333. The number of carbonyl (C=O) groups is 1. The van der Waals surface area contributed by atoms with Crippen LogP contribution >= 0.6 is 23.4 Å².